The molecule has 0 radical (unpaired) electrons. The molecule has 0 aliphatic heterocycles. The maximum atomic E-state index is 12.2. The summed E-state index contributed by atoms with van der Waals surface area (Å²) >= 11 is 0. The minimum atomic E-state index is -2.99. The van der Waals surface area contributed by atoms with Crippen molar-refractivity contribution in [3.8, 4) is 11.8 Å². The fourth-order valence-corrected chi connectivity index (χ4v) is 1.61. The number of esters is 1. The van der Waals surface area contributed by atoms with E-state index in [4.69, 9.17) is 5.26 Å². The number of rotatable bonds is 4. The molecule has 0 heterocycles. The van der Waals surface area contributed by atoms with Crippen LogP contribution in [0.2, 0.25) is 0 Å². The number of carbonyl (C=O) groups excluding carboxylic acids is 1. The van der Waals surface area contributed by atoms with Crippen LogP contribution in [0.1, 0.15) is 28.4 Å². The molecule has 0 fully saturated rings. The number of nitriles is 1. The molecule has 0 N–H and O–H groups in total. The second kappa shape index (κ2) is 5.96. The molecule has 6 heteroatoms. The summed E-state index contributed by atoms with van der Waals surface area (Å²) in [5.41, 5.74) is 0.280. The van der Waals surface area contributed by atoms with Gasteiger partial charge in [-0.25, -0.2) is 4.79 Å². The lowest BCUT2D eigenvalue weighted by atomic mass is 9.98. The molecular weight excluding hydrogens is 244 g/mol. The predicted octanol–water partition coefficient (Wildman–Crippen LogP) is 2.51. The molecule has 1 aromatic carbocycles. The first-order valence-electron chi connectivity index (χ1n) is 5.14. The van der Waals surface area contributed by atoms with Crippen LogP contribution in [-0.2, 0) is 11.2 Å². The second-order valence-corrected chi connectivity index (χ2v) is 3.30. The first-order valence-corrected chi connectivity index (χ1v) is 5.14. The van der Waals surface area contributed by atoms with E-state index in [1.807, 2.05) is 6.07 Å². The molecule has 1 rings (SSSR count). The van der Waals surface area contributed by atoms with Gasteiger partial charge in [0.25, 0.3) is 0 Å². The summed E-state index contributed by atoms with van der Waals surface area (Å²) in [5.74, 6) is -0.866. The second-order valence-electron chi connectivity index (χ2n) is 3.30. The summed E-state index contributed by atoms with van der Waals surface area (Å²) in [5, 5.41) is 8.91. The maximum Gasteiger partial charge on any atom is 0.387 e. The van der Waals surface area contributed by atoms with Crippen LogP contribution in [-0.4, -0.2) is 19.7 Å². The molecule has 0 aliphatic rings. The van der Waals surface area contributed by atoms with Crippen molar-refractivity contribution in [2.24, 2.45) is 0 Å². The number of carbonyl (C=O) groups is 1. The van der Waals surface area contributed by atoms with Gasteiger partial charge >= 0.3 is 12.6 Å². The Balaban J connectivity index is 3.43. The van der Waals surface area contributed by atoms with Crippen LogP contribution in [0.5, 0.6) is 5.75 Å². The number of nitrogens with zero attached hydrogens (tertiary/aromatic N) is 1. The van der Waals surface area contributed by atoms with E-state index in [2.05, 4.69) is 9.47 Å². The van der Waals surface area contributed by atoms with Gasteiger partial charge in [-0.05, 0) is 18.6 Å². The molecule has 0 saturated carbocycles. The van der Waals surface area contributed by atoms with Gasteiger partial charge in [0.1, 0.15) is 11.8 Å². The molecule has 1 aromatic rings. The standard InChI is InChI=1S/C12H11F2NO3/c1-3-8-9(18-12(13)14)5-4-7(6-15)10(8)11(16)17-2/h4-5,12H,3H2,1-2H3. The van der Waals surface area contributed by atoms with Crippen molar-refractivity contribution in [3.05, 3.63) is 28.8 Å². The molecule has 0 amide bonds. The average molecular weight is 255 g/mol. The molecule has 96 valence electrons. The normalized spacial score (nSPS) is 10.0. The monoisotopic (exact) mass is 255 g/mol. The van der Waals surface area contributed by atoms with Crippen molar-refractivity contribution in [2.75, 3.05) is 7.11 Å². The van der Waals surface area contributed by atoms with E-state index >= 15 is 0 Å². The first kappa shape index (κ1) is 13.9. The molecular formula is C12H11F2NO3. The zero-order valence-corrected chi connectivity index (χ0v) is 9.87. The number of benzene rings is 1. The molecule has 0 aromatic heterocycles. The van der Waals surface area contributed by atoms with E-state index in [0.29, 0.717) is 0 Å². The first-order chi connectivity index (χ1) is 8.54. The van der Waals surface area contributed by atoms with Gasteiger partial charge < -0.3 is 9.47 Å². The van der Waals surface area contributed by atoms with Crippen LogP contribution in [0.3, 0.4) is 0 Å². The third kappa shape index (κ3) is 2.74. The van der Waals surface area contributed by atoms with Gasteiger partial charge in [0.05, 0.1) is 18.2 Å². The molecule has 0 unspecified atom stereocenters. The van der Waals surface area contributed by atoms with Crippen molar-refractivity contribution in [3.63, 3.8) is 0 Å². The van der Waals surface area contributed by atoms with Crippen molar-refractivity contribution in [2.45, 2.75) is 20.0 Å². The fraction of sp³-hybridized carbons (Fsp3) is 0.333. The lowest BCUT2D eigenvalue weighted by Crippen LogP contribution is -2.12. The van der Waals surface area contributed by atoms with Gasteiger partial charge in [-0.15, -0.1) is 0 Å². The van der Waals surface area contributed by atoms with Gasteiger partial charge in [0.15, 0.2) is 0 Å². The zero-order chi connectivity index (χ0) is 13.7. The topological polar surface area (TPSA) is 59.3 Å². The Morgan fingerprint density at radius 2 is 2.17 bits per heavy atom. The SMILES string of the molecule is CCc1c(OC(F)F)ccc(C#N)c1C(=O)OC. The molecule has 18 heavy (non-hydrogen) atoms. The number of ether oxygens (including phenoxy) is 2. The Hall–Kier alpha value is -2.16. The Kier molecular flexibility index (Phi) is 4.60. The van der Waals surface area contributed by atoms with Gasteiger partial charge in [0.2, 0.25) is 0 Å². The molecule has 4 nitrogen and oxygen atoms in total. The average Bonchev–Trinajstić information content (AvgIpc) is 2.36. The highest BCUT2D eigenvalue weighted by molar-refractivity contribution is 5.94. The van der Waals surface area contributed by atoms with Crippen LogP contribution < -0.4 is 4.74 Å². The van der Waals surface area contributed by atoms with Gasteiger partial charge in [-0.2, -0.15) is 14.0 Å². The molecule has 0 bridgehead atoms. The predicted molar refractivity (Wildman–Crippen MR) is 58.5 cm³/mol. The van der Waals surface area contributed by atoms with Crippen LogP contribution >= 0.6 is 0 Å². The summed E-state index contributed by atoms with van der Waals surface area (Å²) in [4.78, 5) is 11.6. The van der Waals surface area contributed by atoms with Crippen molar-refractivity contribution in [1.29, 1.82) is 5.26 Å². The number of hydrogen-bond donors (Lipinski definition) is 0. The zero-order valence-electron chi connectivity index (χ0n) is 9.87. The molecule has 0 aliphatic carbocycles. The van der Waals surface area contributed by atoms with E-state index < -0.39 is 12.6 Å². The minimum absolute atomic E-state index is 0.0272. The molecule has 0 saturated heterocycles. The lowest BCUT2D eigenvalue weighted by Gasteiger charge is -2.13. The summed E-state index contributed by atoms with van der Waals surface area (Å²) in [6, 6.07) is 4.32. The lowest BCUT2D eigenvalue weighted by molar-refractivity contribution is -0.0505. The van der Waals surface area contributed by atoms with Gasteiger partial charge in [-0.3, -0.25) is 0 Å². The Labute approximate surface area is 103 Å². The van der Waals surface area contributed by atoms with Crippen LogP contribution in [0.25, 0.3) is 0 Å². The number of alkyl halides is 2. The molecule has 0 atom stereocenters. The van der Waals surface area contributed by atoms with Crippen LogP contribution in [0.4, 0.5) is 8.78 Å². The van der Waals surface area contributed by atoms with Crippen molar-refractivity contribution < 1.29 is 23.0 Å². The van der Waals surface area contributed by atoms with E-state index in [0.717, 1.165) is 7.11 Å². The largest absolute Gasteiger partial charge is 0.465 e. The Morgan fingerprint density at radius 1 is 1.50 bits per heavy atom. The maximum absolute atomic E-state index is 12.2. The highest BCUT2D eigenvalue weighted by Crippen LogP contribution is 2.28. The minimum Gasteiger partial charge on any atom is -0.465 e. The Morgan fingerprint density at radius 3 is 2.61 bits per heavy atom. The van der Waals surface area contributed by atoms with Crippen molar-refractivity contribution in [1.82, 2.24) is 0 Å². The summed E-state index contributed by atoms with van der Waals surface area (Å²) in [7, 11) is 1.16. The molecule has 0 spiro atoms. The smallest absolute Gasteiger partial charge is 0.387 e. The summed E-state index contributed by atoms with van der Waals surface area (Å²) in [6.45, 7) is -1.32. The highest BCUT2D eigenvalue weighted by atomic mass is 19.3. The van der Waals surface area contributed by atoms with E-state index in [-0.39, 0.29) is 28.9 Å². The van der Waals surface area contributed by atoms with Gasteiger partial charge in [-0.1, -0.05) is 6.92 Å². The van der Waals surface area contributed by atoms with E-state index in [1.165, 1.54) is 12.1 Å². The Bertz CT molecular complexity index is 495. The third-order valence-corrected chi connectivity index (χ3v) is 2.35. The number of methoxy groups -OCH3 is 1. The number of halogens is 2. The third-order valence-electron chi connectivity index (χ3n) is 2.35. The quantitative estimate of drug-likeness (QED) is 0.775. The number of hydrogen-bond acceptors (Lipinski definition) is 4. The summed E-state index contributed by atoms with van der Waals surface area (Å²) < 4.78 is 33.3. The van der Waals surface area contributed by atoms with E-state index in [9.17, 15) is 13.6 Å². The highest BCUT2D eigenvalue weighted by Gasteiger charge is 2.21. The van der Waals surface area contributed by atoms with Gasteiger partial charge in [0, 0.05) is 5.56 Å². The van der Waals surface area contributed by atoms with Crippen LogP contribution in [0, 0.1) is 11.3 Å². The van der Waals surface area contributed by atoms with Crippen LogP contribution in [0.15, 0.2) is 12.1 Å². The summed E-state index contributed by atoms with van der Waals surface area (Å²) in [6.07, 6.45) is 0.266. The van der Waals surface area contributed by atoms with Crippen molar-refractivity contribution >= 4 is 5.97 Å². The van der Waals surface area contributed by atoms with E-state index in [1.54, 1.807) is 6.92 Å². The fourth-order valence-electron chi connectivity index (χ4n) is 1.61.